The second-order valence-corrected chi connectivity index (χ2v) is 6.87. The molecule has 1 aromatic carbocycles. The number of carbonyl (C=O) groups is 2. The fraction of sp³-hybridized carbons (Fsp3) is 0.312. The fourth-order valence-electron chi connectivity index (χ4n) is 2.45. The number of anilines is 2. The standard InChI is InChI=1S/C16H17ClN4O3S/c1-2-24-16(23)20-14-19-12-6-7-21(9-13(12)25-14)15(22)18-11-5-3-4-10(17)8-11/h3-5,8H,2,6-7,9H2,1H3,(H,18,22)(H,19,20,23). The Balaban J connectivity index is 1.63. The van der Waals surface area contributed by atoms with Gasteiger partial charge in [0.05, 0.1) is 18.8 Å². The number of nitrogens with zero attached hydrogens (tertiary/aromatic N) is 2. The molecule has 7 nitrogen and oxygen atoms in total. The van der Waals surface area contributed by atoms with Gasteiger partial charge in [-0.1, -0.05) is 29.0 Å². The van der Waals surface area contributed by atoms with Crippen LogP contribution < -0.4 is 10.6 Å². The Hall–Kier alpha value is -2.32. The maximum atomic E-state index is 12.4. The Kier molecular flexibility index (Phi) is 5.40. The van der Waals surface area contributed by atoms with E-state index >= 15 is 0 Å². The molecule has 2 aromatic rings. The molecule has 0 radical (unpaired) electrons. The summed E-state index contributed by atoms with van der Waals surface area (Å²) in [6, 6.07) is 6.82. The van der Waals surface area contributed by atoms with E-state index in [0.717, 1.165) is 10.6 Å². The van der Waals surface area contributed by atoms with Crippen molar-refractivity contribution in [2.45, 2.75) is 19.9 Å². The Morgan fingerprint density at radius 2 is 2.24 bits per heavy atom. The lowest BCUT2D eigenvalue weighted by atomic mass is 10.2. The van der Waals surface area contributed by atoms with E-state index < -0.39 is 6.09 Å². The summed E-state index contributed by atoms with van der Waals surface area (Å²) in [6.45, 7) is 3.04. The highest BCUT2D eigenvalue weighted by atomic mass is 35.5. The number of nitrogens with one attached hydrogen (secondary N) is 2. The van der Waals surface area contributed by atoms with Gasteiger partial charge >= 0.3 is 12.1 Å². The molecule has 3 rings (SSSR count). The van der Waals surface area contributed by atoms with Crippen molar-refractivity contribution < 1.29 is 14.3 Å². The normalized spacial score (nSPS) is 13.1. The average Bonchev–Trinajstić information content (AvgIpc) is 2.96. The number of benzene rings is 1. The third-order valence-corrected chi connectivity index (χ3v) is 4.81. The number of amides is 3. The van der Waals surface area contributed by atoms with Gasteiger partial charge in [-0.15, -0.1) is 0 Å². The van der Waals surface area contributed by atoms with Gasteiger partial charge in [0.15, 0.2) is 5.13 Å². The topological polar surface area (TPSA) is 83.6 Å². The number of halogens is 1. The van der Waals surface area contributed by atoms with Gasteiger partial charge in [-0.05, 0) is 25.1 Å². The lowest BCUT2D eigenvalue weighted by molar-refractivity contribution is 0.168. The SMILES string of the molecule is CCOC(=O)Nc1nc2c(s1)CN(C(=O)Nc1cccc(Cl)c1)CC2. The molecule has 2 heterocycles. The van der Waals surface area contributed by atoms with Crippen LogP contribution in [0.1, 0.15) is 17.5 Å². The van der Waals surface area contributed by atoms with E-state index in [0.29, 0.717) is 42.0 Å². The molecule has 3 amide bonds. The molecule has 1 aromatic heterocycles. The van der Waals surface area contributed by atoms with Crippen LogP contribution in [0.3, 0.4) is 0 Å². The number of urea groups is 1. The van der Waals surface area contributed by atoms with Gasteiger partial charge in [0.25, 0.3) is 0 Å². The first-order chi connectivity index (χ1) is 12.0. The Morgan fingerprint density at radius 3 is 3.00 bits per heavy atom. The third kappa shape index (κ3) is 4.40. The Labute approximate surface area is 153 Å². The highest BCUT2D eigenvalue weighted by molar-refractivity contribution is 7.15. The minimum Gasteiger partial charge on any atom is -0.450 e. The molecule has 0 aliphatic carbocycles. The maximum Gasteiger partial charge on any atom is 0.413 e. The van der Waals surface area contributed by atoms with Crippen LogP contribution in [0.15, 0.2) is 24.3 Å². The first kappa shape index (κ1) is 17.5. The number of carbonyl (C=O) groups excluding carboxylic acids is 2. The predicted molar refractivity (Wildman–Crippen MR) is 97.3 cm³/mol. The van der Waals surface area contributed by atoms with Crippen LogP contribution in [0.2, 0.25) is 5.02 Å². The van der Waals surface area contributed by atoms with Gasteiger partial charge in [0, 0.05) is 28.6 Å². The van der Waals surface area contributed by atoms with Crippen LogP contribution in [0, 0.1) is 0 Å². The molecule has 2 N–H and O–H groups in total. The van der Waals surface area contributed by atoms with Crippen LogP contribution >= 0.6 is 22.9 Å². The summed E-state index contributed by atoms with van der Waals surface area (Å²) >= 11 is 7.29. The maximum absolute atomic E-state index is 12.4. The van der Waals surface area contributed by atoms with Gasteiger partial charge in [0.1, 0.15) is 0 Å². The minimum absolute atomic E-state index is 0.193. The van der Waals surface area contributed by atoms with E-state index in [9.17, 15) is 9.59 Å². The van der Waals surface area contributed by atoms with Crippen molar-refractivity contribution >= 4 is 45.9 Å². The lowest BCUT2D eigenvalue weighted by Gasteiger charge is -2.26. The van der Waals surface area contributed by atoms with E-state index in [-0.39, 0.29) is 6.03 Å². The van der Waals surface area contributed by atoms with Crippen molar-refractivity contribution in [2.24, 2.45) is 0 Å². The van der Waals surface area contributed by atoms with Crippen molar-refractivity contribution in [3.8, 4) is 0 Å². The summed E-state index contributed by atoms with van der Waals surface area (Å²) < 4.78 is 4.84. The molecular weight excluding hydrogens is 364 g/mol. The van der Waals surface area contributed by atoms with Crippen molar-refractivity contribution in [3.63, 3.8) is 0 Å². The molecule has 0 bridgehead atoms. The summed E-state index contributed by atoms with van der Waals surface area (Å²) in [5.41, 5.74) is 1.56. The quantitative estimate of drug-likeness (QED) is 0.844. The average molecular weight is 381 g/mol. The van der Waals surface area contributed by atoms with Gasteiger partial charge in [-0.3, -0.25) is 5.32 Å². The zero-order chi connectivity index (χ0) is 17.8. The van der Waals surface area contributed by atoms with E-state index in [1.807, 2.05) is 0 Å². The molecule has 132 valence electrons. The van der Waals surface area contributed by atoms with E-state index in [1.165, 1.54) is 11.3 Å². The van der Waals surface area contributed by atoms with Gasteiger partial charge < -0.3 is 15.0 Å². The number of hydrogen-bond acceptors (Lipinski definition) is 5. The molecule has 1 aliphatic rings. The largest absolute Gasteiger partial charge is 0.450 e. The Morgan fingerprint density at radius 1 is 1.40 bits per heavy atom. The molecule has 0 saturated carbocycles. The van der Waals surface area contributed by atoms with Gasteiger partial charge in [-0.2, -0.15) is 0 Å². The highest BCUT2D eigenvalue weighted by Crippen LogP contribution is 2.28. The summed E-state index contributed by atoms with van der Waals surface area (Å²) in [6.07, 6.45) is 0.114. The predicted octanol–water partition coefficient (Wildman–Crippen LogP) is 3.96. The summed E-state index contributed by atoms with van der Waals surface area (Å²) in [5.74, 6) is 0. The Bertz CT molecular complexity index is 795. The molecule has 25 heavy (non-hydrogen) atoms. The molecule has 9 heteroatoms. The van der Waals surface area contributed by atoms with Crippen molar-refractivity contribution in [1.82, 2.24) is 9.88 Å². The number of hydrogen-bond donors (Lipinski definition) is 2. The number of ether oxygens (including phenoxy) is 1. The van der Waals surface area contributed by atoms with Crippen LogP contribution in [-0.2, 0) is 17.7 Å². The van der Waals surface area contributed by atoms with E-state index in [4.69, 9.17) is 16.3 Å². The number of aromatic nitrogens is 1. The molecule has 0 unspecified atom stereocenters. The van der Waals surface area contributed by atoms with Gasteiger partial charge in [0.2, 0.25) is 0 Å². The number of rotatable bonds is 3. The number of thiazole rings is 1. The summed E-state index contributed by atoms with van der Waals surface area (Å²) in [7, 11) is 0. The second kappa shape index (κ2) is 7.71. The van der Waals surface area contributed by atoms with Crippen LogP contribution in [0.25, 0.3) is 0 Å². The number of fused-ring (bicyclic) bond motifs is 1. The molecular formula is C16H17ClN4O3S. The second-order valence-electron chi connectivity index (χ2n) is 5.35. The van der Waals surface area contributed by atoms with Crippen molar-refractivity contribution in [1.29, 1.82) is 0 Å². The molecule has 0 saturated heterocycles. The minimum atomic E-state index is -0.524. The zero-order valence-corrected chi connectivity index (χ0v) is 15.1. The van der Waals surface area contributed by atoms with E-state index in [1.54, 1.807) is 36.1 Å². The fourth-order valence-corrected chi connectivity index (χ4v) is 3.65. The molecule has 0 spiro atoms. The van der Waals surface area contributed by atoms with Crippen LogP contribution in [-0.4, -0.2) is 35.2 Å². The van der Waals surface area contributed by atoms with Crippen LogP contribution in [0.4, 0.5) is 20.4 Å². The first-order valence-corrected chi connectivity index (χ1v) is 8.98. The van der Waals surface area contributed by atoms with Gasteiger partial charge in [-0.25, -0.2) is 14.6 Å². The first-order valence-electron chi connectivity index (χ1n) is 7.79. The van der Waals surface area contributed by atoms with E-state index in [2.05, 4.69) is 15.6 Å². The molecule has 0 fully saturated rings. The molecule has 0 atom stereocenters. The zero-order valence-electron chi connectivity index (χ0n) is 13.5. The molecule has 1 aliphatic heterocycles. The smallest absolute Gasteiger partial charge is 0.413 e. The highest BCUT2D eigenvalue weighted by Gasteiger charge is 2.24. The summed E-state index contributed by atoms with van der Waals surface area (Å²) in [5, 5.41) is 6.49. The lowest BCUT2D eigenvalue weighted by Crippen LogP contribution is -2.38. The monoisotopic (exact) mass is 380 g/mol. The summed E-state index contributed by atoms with van der Waals surface area (Å²) in [4.78, 5) is 31.0. The third-order valence-electron chi connectivity index (χ3n) is 3.58. The van der Waals surface area contributed by atoms with Crippen molar-refractivity contribution in [2.75, 3.05) is 23.8 Å². The van der Waals surface area contributed by atoms with Crippen molar-refractivity contribution in [3.05, 3.63) is 39.9 Å². The van der Waals surface area contributed by atoms with Crippen LogP contribution in [0.5, 0.6) is 0 Å².